The molecule has 0 aromatic heterocycles. The van der Waals surface area contributed by atoms with E-state index in [2.05, 4.69) is 117 Å². The molecule has 2 aliphatic rings. The zero-order valence-corrected chi connectivity index (χ0v) is 22.7. The maximum absolute atomic E-state index is 7.38. The van der Waals surface area contributed by atoms with Crippen molar-refractivity contribution >= 4 is 18.7 Å². The van der Waals surface area contributed by atoms with Gasteiger partial charge in [-0.3, -0.25) is 4.90 Å². The first-order chi connectivity index (χ1) is 17.0. The molecule has 0 radical (unpaired) electrons. The number of hydrogen-bond acceptors (Lipinski definition) is 2. The summed E-state index contributed by atoms with van der Waals surface area (Å²) in [5.74, 6) is 0.820. The van der Waals surface area contributed by atoms with Gasteiger partial charge in [-0.25, -0.2) is 0 Å². The molecule has 3 aromatic carbocycles. The lowest BCUT2D eigenvalue weighted by Crippen LogP contribution is -2.67. The monoisotopic (exact) mass is 483 g/mol. The lowest BCUT2D eigenvalue weighted by molar-refractivity contribution is 0.276. The minimum absolute atomic E-state index is 0.0230. The largest absolute Gasteiger partial charge is 0.406 e. The Labute approximate surface area is 213 Å². The van der Waals surface area contributed by atoms with E-state index in [-0.39, 0.29) is 5.04 Å². The van der Waals surface area contributed by atoms with Crippen molar-refractivity contribution in [3.8, 4) is 0 Å². The van der Waals surface area contributed by atoms with Crippen molar-refractivity contribution < 1.29 is 4.43 Å². The maximum atomic E-state index is 7.38. The van der Waals surface area contributed by atoms with Gasteiger partial charge in [0.1, 0.15) is 0 Å². The van der Waals surface area contributed by atoms with Crippen LogP contribution in [0.1, 0.15) is 58.4 Å². The van der Waals surface area contributed by atoms with Gasteiger partial charge in [-0.05, 0) is 39.7 Å². The summed E-state index contributed by atoms with van der Waals surface area (Å²) >= 11 is 0. The van der Waals surface area contributed by atoms with Gasteiger partial charge in [0.25, 0.3) is 8.32 Å². The summed E-state index contributed by atoms with van der Waals surface area (Å²) in [4.78, 5) is 2.74. The van der Waals surface area contributed by atoms with Gasteiger partial charge in [-0.2, -0.15) is 0 Å². The van der Waals surface area contributed by atoms with Gasteiger partial charge in [-0.15, -0.1) is 0 Å². The van der Waals surface area contributed by atoms with E-state index in [9.17, 15) is 0 Å². The van der Waals surface area contributed by atoms with Crippen LogP contribution < -0.4 is 10.4 Å². The van der Waals surface area contributed by atoms with Crippen molar-refractivity contribution in [2.75, 3.05) is 6.61 Å². The molecule has 0 spiro atoms. The molecule has 1 saturated heterocycles. The van der Waals surface area contributed by atoms with Crippen LogP contribution in [0.3, 0.4) is 0 Å². The zero-order valence-electron chi connectivity index (χ0n) is 21.7. The lowest BCUT2D eigenvalue weighted by Gasteiger charge is -2.43. The first kappa shape index (κ1) is 24.5. The highest BCUT2D eigenvalue weighted by molar-refractivity contribution is 6.99. The fraction of sp³-hybridized carbons (Fsp3) is 0.438. The first-order valence-electron chi connectivity index (χ1n) is 13.6. The molecule has 1 aliphatic carbocycles. The van der Waals surface area contributed by atoms with Crippen LogP contribution >= 0.6 is 0 Å². The molecule has 3 atom stereocenters. The minimum Gasteiger partial charge on any atom is -0.406 e. The highest BCUT2D eigenvalue weighted by Gasteiger charge is 2.55. The Morgan fingerprint density at radius 2 is 1.26 bits per heavy atom. The van der Waals surface area contributed by atoms with Gasteiger partial charge in [-0.1, -0.05) is 131 Å². The molecule has 0 N–H and O–H groups in total. The molecule has 2 fully saturated rings. The van der Waals surface area contributed by atoms with Crippen molar-refractivity contribution in [2.45, 2.75) is 76.5 Å². The van der Waals surface area contributed by atoms with Gasteiger partial charge in [0.2, 0.25) is 0 Å². The molecule has 1 saturated carbocycles. The van der Waals surface area contributed by atoms with Crippen molar-refractivity contribution in [3.63, 3.8) is 0 Å². The van der Waals surface area contributed by atoms with Gasteiger partial charge in [0.05, 0.1) is 6.61 Å². The van der Waals surface area contributed by atoms with Crippen LogP contribution in [-0.2, 0) is 11.0 Å². The number of rotatable bonds is 8. The van der Waals surface area contributed by atoms with Crippen LogP contribution in [0.25, 0.3) is 0 Å². The average molecular weight is 484 g/mol. The minimum atomic E-state index is -2.50. The quantitative estimate of drug-likeness (QED) is 0.272. The molecule has 1 aliphatic heterocycles. The Hall–Kier alpha value is -2.20. The summed E-state index contributed by atoms with van der Waals surface area (Å²) < 4.78 is 7.38. The fourth-order valence-electron chi connectivity index (χ4n) is 6.60. The summed E-state index contributed by atoms with van der Waals surface area (Å²) in [5, 5.41) is 2.78. The topological polar surface area (TPSA) is 12.2 Å². The Balaban J connectivity index is 1.45. The molecule has 3 aromatic rings. The summed E-state index contributed by atoms with van der Waals surface area (Å²) in [6.45, 7) is 9.00. The molecular formula is C32H41NOSi. The standard InChI is InChI=1S/C32H41NOSi/c1-32(2,3)35(28-20-12-6-13-21-28,29-22-14-7-15-23-29)34-25-30-31(27-18-10-5-11-19-27)33(30)24-26-16-8-4-9-17-26/h4,6-9,12-17,20-23,27,30-31H,5,10-11,18-19,24-25H2,1-3H3. The molecular weight excluding hydrogens is 442 g/mol. The molecule has 3 heteroatoms. The van der Waals surface area contributed by atoms with Crippen LogP contribution in [0.2, 0.25) is 5.04 Å². The molecule has 0 amide bonds. The predicted octanol–water partition coefficient (Wildman–Crippen LogP) is 6.40. The lowest BCUT2D eigenvalue weighted by atomic mass is 9.86. The van der Waals surface area contributed by atoms with E-state index in [0.29, 0.717) is 12.1 Å². The fourth-order valence-corrected chi connectivity index (χ4v) is 11.2. The summed E-state index contributed by atoms with van der Waals surface area (Å²) in [6.07, 6.45) is 6.95. The van der Waals surface area contributed by atoms with Gasteiger partial charge < -0.3 is 4.43 Å². The maximum Gasteiger partial charge on any atom is 0.261 e. The number of benzene rings is 3. The van der Waals surface area contributed by atoms with Gasteiger partial charge >= 0.3 is 0 Å². The van der Waals surface area contributed by atoms with E-state index < -0.39 is 8.32 Å². The summed E-state index contributed by atoms with van der Waals surface area (Å²) in [6, 6.07) is 34.4. The second-order valence-electron chi connectivity index (χ2n) is 11.6. The molecule has 184 valence electrons. The predicted molar refractivity (Wildman–Crippen MR) is 150 cm³/mol. The average Bonchev–Trinajstić information content (AvgIpc) is 3.58. The third-order valence-corrected chi connectivity index (χ3v) is 13.3. The van der Waals surface area contributed by atoms with Crippen molar-refractivity contribution in [3.05, 3.63) is 96.6 Å². The van der Waals surface area contributed by atoms with Gasteiger partial charge in [0, 0.05) is 18.6 Å². The first-order valence-corrected chi connectivity index (χ1v) is 15.5. The second kappa shape index (κ2) is 10.4. The Bertz CT molecular complexity index is 1020. The number of nitrogens with zero attached hydrogens (tertiary/aromatic N) is 1. The molecule has 3 unspecified atom stereocenters. The van der Waals surface area contributed by atoms with E-state index >= 15 is 0 Å². The van der Waals surface area contributed by atoms with Crippen molar-refractivity contribution in [1.82, 2.24) is 4.90 Å². The van der Waals surface area contributed by atoms with E-state index in [0.717, 1.165) is 19.1 Å². The van der Waals surface area contributed by atoms with E-state index in [1.54, 1.807) is 0 Å². The van der Waals surface area contributed by atoms with Crippen molar-refractivity contribution in [2.24, 2.45) is 5.92 Å². The van der Waals surface area contributed by atoms with Crippen LogP contribution in [0.15, 0.2) is 91.0 Å². The number of hydrogen-bond donors (Lipinski definition) is 0. The Morgan fingerprint density at radius 3 is 1.77 bits per heavy atom. The SMILES string of the molecule is CC(C)(C)[Si](OCC1C(C2CCCCC2)N1Cc1ccccc1)(c1ccccc1)c1ccccc1. The molecule has 0 bridgehead atoms. The van der Waals surface area contributed by atoms with Crippen LogP contribution in [-0.4, -0.2) is 31.9 Å². The van der Waals surface area contributed by atoms with E-state index in [1.165, 1.54) is 48.0 Å². The summed E-state index contributed by atoms with van der Waals surface area (Å²) in [7, 11) is -2.50. The van der Waals surface area contributed by atoms with Gasteiger partial charge in [0.15, 0.2) is 0 Å². The Morgan fingerprint density at radius 1 is 0.743 bits per heavy atom. The Kier molecular flexibility index (Phi) is 7.29. The normalized spacial score (nSPS) is 23.2. The molecule has 5 rings (SSSR count). The highest BCUT2D eigenvalue weighted by Crippen LogP contribution is 2.44. The van der Waals surface area contributed by atoms with Crippen LogP contribution in [0, 0.1) is 5.92 Å². The third kappa shape index (κ3) is 5.05. The third-order valence-electron chi connectivity index (χ3n) is 8.34. The summed E-state index contributed by atoms with van der Waals surface area (Å²) in [5.41, 5.74) is 1.42. The van der Waals surface area contributed by atoms with E-state index in [4.69, 9.17) is 4.43 Å². The smallest absolute Gasteiger partial charge is 0.261 e. The van der Waals surface area contributed by atoms with Crippen molar-refractivity contribution in [1.29, 1.82) is 0 Å². The second-order valence-corrected chi connectivity index (χ2v) is 15.9. The molecule has 1 heterocycles. The van der Waals surface area contributed by atoms with Crippen LogP contribution in [0.5, 0.6) is 0 Å². The molecule has 35 heavy (non-hydrogen) atoms. The zero-order chi connectivity index (χ0) is 24.3. The van der Waals surface area contributed by atoms with E-state index in [1.807, 2.05) is 0 Å². The molecule has 2 nitrogen and oxygen atoms in total. The van der Waals surface area contributed by atoms with Crippen LogP contribution in [0.4, 0.5) is 0 Å². The highest BCUT2D eigenvalue weighted by atomic mass is 28.4.